The van der Waals surface area contributed by atoms with E-state index in [1.807, 2.05) is 0 Å². The summed E-state index contributed by atoms with van der Waals surface area (Å²) >= 11 is 1.44. The average Bonchev–Trinajstić information content (AvgIpc) is 1.69. The summed E-state index contributed by atoms with van der Waals surface area (Å²) in [6.07, 6.45) is 3.89. The van der Waals surface area contributed by atoms with Crippen LogP contribution in [0.25, 0.3) is 0 Å². The Hall–Kier alpha value is 0.310. The zero-order valence-electron chi connectivity index (χ0n) is 4.81. The van der Waals surface area contributed by atoms with E-state index in [1.54, 1.807) is 0 Å². The zero-order valence-corrected chi connectivity index (χ0v) is 5.63. The molecule has 0 saturated carbocycles. The Morgan fingerprint density at radius 2 is 2.14 bits per heavy atom. The Morgan fingerprint density at radius 1 is 1.43 bits per heavy atom. The van der Waals surface area contributed by atoms with Crippen LogP contribution in [0.2, 0.25) is 0 Å². The fourth-order valence-corrected chi connectivity index (χ4v) is 0.806. The van der Waals surface area contributed by atoms with Gasteiger partial charge < -0.3 is 0 Å². The zero-order chi connectivity index (χ0) is 5.54. The van der Waals surface area contributed by atoms with Crippen molar-refractivity contribution in [2.75, 3.05) is 5.75 Å². The van der Waals surface area contributed by atoms with E-state index < -0.39 is 0 Å². The average molecular weight is 119 g/mol. The molecule has 0 saturated heterocycles. The molecule has 1 nitrogen and oxygen atoms in total. The maximum atomic E-state index is 5.19. The summed E-state index contributed by atoms with van der Waals surface area (Å²) < 4.78 is 0. The van der Waals surface area contributed by atoms with Gasteiger partial charge in [0.05, 0.1) is 0 Å². The molecule has 0 bridgehead atoms. The molecule has 44 valence electrons. The molecule has 0 radical (unpaired) electrons. The van der Waals surface area contributed by atoms with Crippen molar-refractivity contribution >= 4 is 11.9 Å². The molecule has 0 amide bonds. The molecule has 0 fully saturated rings. The van der Waals surface area contributed by atoms with Gasteiger partial charge in [-0.05, 0) is 6.42 Å². The Balaban J connectivity index is 2.45. The predicted molar refractivity (Wildman–Crippen MR) is 36.2 cm³/mol. The van der Waals surface area contributed by atoms with E-state index in [1.165, 1.54) is 31.2 Å². The molecule has 2 heteroatoms. The van der Waals surface area contributed by atoms with Gasteiger partial charge in [0.2, 0.25) is 0 Å². The molecule has 0 spiro atoms. The highest BCUT2D eigenvalue weighted by Gasteiger charge is 1.80. The maximum Gasteiger partial charge on any atom is 0.00764 e. The first-order chi connectivity index (χ1) is 3.41. The highest BCUT2D eigenvalue weighted by atomic mass is 32.2. The van der Waals surface area contributed by atoms with Crippen LogP contribution in [-0.4, -0.2) is 5.75 Å². The lowest BCUT2D eigenvalue weighted by Crippen LogP contribution is -1.83. The van der Waals surface area contributed by atoms with Gasteiger partial charge in [0, 0.05) is 5.75 Å². The van der Waals surface area contributed by atoms with Gasteiger partial charge in [0.25, 0.3) is 0 Å². The molecule has 0 atom stereocenters. The lowest BCUT2D eigenvalue weighted by Gasteiger charge is -1.90. The lowest BCUT2D eigenvalue weighted by atomic mass is 10.3. The summed E-state index contributed by atoms with van der Waals surface area (Å²) in [6.45, 7) is 2.20. The molecule has 0 aliphatic rings. The van der Waals surface area contributed by atoms with E-state index in [9.17, 15) is 0 Å². The van der Waals surface area contributed by atoms with Gasteiger partial charge in [-0.15, -0.1) is 0 Å². The van der Waals surface area contributed by atoms with Crippen molar-refractivity contribution in [2.24, 2.45) is 5.14 Å². The van der Waals surface area contributed by atoms with Crippen LogP contribution in [0.15, 0.2) is 0 Å². The van der Waals surface area contributed by atoms with Crippen molar-refractivity contribution in [2.45, 2.75) is 26.2 Å². The van der Waals surface area contributed by atoms with Crippen molar-refractivity contribution < 1.29 is 0 Å². The van der Waals surface area contributed by atoms with Gasteiger partial charge >= 0.3 is 0 Å². The van der Waals surface area contributed by atoms with Gasteiger partial charge in [0.1, 0.15) is 0 Å². The van der Waals surface area contributed by atoms with Crippen molar-refractivity contribution in [3.63, 3.8) is 0 Å². The minimum atomic E-state index is 1.12. The second-order valence-corrected chi connectivity index (χ2v) is 2.32. The fraction of sp³-hybridized carbons (Fsp3) is 1.00. The summed E-state index contributed by atoms with van der Waals surface area (Å²) in [5.41, 5.74) is 0. The quantitative estimate of drug-likeness (QED) is 0.451. The summed E-state index contributed by atoms with van der Waals surface area (Å²) in [5.74, 6) is 1.12. The molecule has 0 aromatic carbocycles. The van der Waals surface area contributed by atoms with Crippen molar-refractivity contribution in [3.05, 3.63) is 0 Å². The highest BCUT2D eigenvalue weighted by molar-refractivity contribution is 7.97. The minimum absolute atomic E-state index is 1.12. The standard InChI is InChI=1S/C5H13NS/c1-2-3-4-5-7-6/h2-6H2,1H3. The van der Waals surface area contributed by atoms with Crippen molar-refractivity contribution in [3.8, 4) is 0 Å². The number of nitrogens with two attached hydrogens (primary N) is 1. The van der Waals surface area contributed by atoms with Crippen LogP contribution in [-0.2, 0) is 0 Å². The van der Waals surface area contributed by atoms with Crippen LogP contribution in [0.1, 0.15) is 26.2 Å². The van der Waals surface area contributed by atoms with Crippen LogP contribution in [0.4, 0.5) is 0 Å². The molecule has 0 rings (SSSR count). The summed E-state index contributed by atoms with van der Waals surface area (Å²) in [4.78, 5) is 0. The molecule has 2 N–H and O–H groups in total. The normalized spacial score (nSPS) is 9.43. The van der Waals surface area contributed by atoms with Gasteiger partial charge in [-0.3, -0.25) is 5.14 Å². The van der Waals surface area contributed by atoms with Crippen LogP contribution in [0, 0.1) is 0 Å². The van der Waals surface area contributed by atoms with Gasteiger partial charge in [0.15, 0.2) is 0 Å². The second kappa shape index (κ2) is 6.31. The SMILES string of the molecule is CCCCCSN. The number of unbranched alkanes of at least 4 members (excludes halogenated alkanes) is 2. The fourth-order valence-electron chi connectivity index (χ4n) is 0.435. The third-order valence-corrected chi connectivity index (χ3v) is 1.39. The Labute approximate surface area is 49.8 Å². The van der Waals surface area contributed by atoms with E-state index in [0.717, 1.165) is 5.75 Å². The molecular weight excluding hydrogens is 106 g/mol. The van der Waals surface area contributed by atoms with E-state index in [2.05, 4.69) is 6.92 Å². The van der Waals surface area contributed by atoms with E-state index in [4.69, 9.17) is 5.14 Å². The monoisotopic (exact) mass is 119 g/mol. The van der Waals surface area contributed by atoms with Crippen LogP contribution < -0.4 is 5.14 Å². The topological polar surface area (TPSA) is 26.0 Å². The number of hydrogen-bond donors (Lipinski definition) is 1. The van der Waals surface area contributed by atoms with Crippen LogP contribution in [0.3, 0.4) is 0 Å². The van der Waals surface area contributed by atoms with Crippen molar-refractivity contribution in [1.82, 2.24) is 0 Å². The molecule has 0 unspecified atom stereocenters. The Kier molecular flexibility index (Phi) is 6.59. The molecule has 0 aliphatic heterocycles. The largest absolute Gasteiger partial charge is 0.278 e. The summed E-state index contributed by atoms with van der Waals surface area (Å²) in [5, 5.41) is 5.19. The molecule has 0 aromatic rings. The van der Waals surface area contributed by atoms with Crippen molar-refractivity contribution in [1.29, 1.82) is 0 Å². The van der Waals surface area contributed by atoms with E-state index in [-0.39, 0.29) is 0 Å². The summed E-state index contributed by atoms with van der Waals surface area (Å²) in [6, 6.07) is 0. The van der Waals surface area contributed by atoms with E-state index >= 15 is 0 Å². The predicted octanol–water partition coefficient (Wildman–Crippen LogP) is 1.78. The smallest absolute Gasteiger partial charge is 0.00764 e. The minimum Gasteiger partial charge on any atom is -0.278 e. The number of rotatable bonds is 4. The molecular formula is C5H13NS. The highest BCUT2D eigenvalue weighted by Crippen LogP contribution is 1.97. The Bertz CT molecular complexity index is 27.3. The van der Waals surface area contributed by atoms with Gasteiger partial charge in [-0.1, -0.05) is 31.7 Å². The third-order valence-electron chi connectivity index (χ3n) is 0.866. The molecule has 0 heterocycles. The van der Waals surface area contributed by atoms with Gasteiger partial charge in [-0.2, -0.15) is 0 Å². The molecule has 0 aromatic heterocycles. The Morgan fingerprint density at radius 3 is 2.57 bits per heavy atom. The third kappa shape index (κ3) is 6.31. The van der Waals surface area contributed by atoms with Crippen LogP contribution >= 0.6 is 11.9 Å². The number of hydrogen-bond acceptors (Lipinski definition) is 2. The van der Waals surface area contributed by atoms with Gasteiger partial charge in [-0.25, -0.2) is 0 Å². The molecule has 0 aliphatic carbocycles. The first-order valence-corrected chi connectivity index (χ1v) is 3.78. The van der Waals surface area contributed by atoms with Crippen LogP contribution in [0.5, 0.6) is 0 Å². The second-order valence-electron chi connectivity index (χ2n) is 1.58. The van der Waals surface area contributed by atoms with E-state index in [0.29, 0.717) is 0 Å². The molecule has 7 heavy (non-hydrogen) atoms. The first-order valence-electron chi connectivity index (χ1n) is 2.73. The summed E-state index contributed by atoms with van der Waals surface area (Å²) in [7, 11) is 0. The maximum absolute atomic E-state index is 5.19. The first kappa shape index (κ1) is 7.31. The lowest BCUT2D eigenvalue weighted by molar-refractivity contribution is 0.779.